The van der Waals surface area contributed by atoms with Crippen LogP contribution in [0, 0.1) is 0 Å². The van der Waals surface area contributed by atoms with Gasteiger partial charge in [0.2, 0.25) is 6.79 Å². The Labute approximate surface area is 124 Å². The zero-order valence-corrected chi connectivity index (χ0v) is 12.2. The number of hydrogen-bond acceptors (Lipinski definition) is 5. The summed E-state index contributed by atoms with van der Waals surface area (Å²) in [6.45, 7) is 3.65. The SMILES string of the molecule is CCCC(C(=O)c1ccc2c(c1)OCO2)N1CC[C@@H](O)C1. The van der Waals surface area contributed by atoms with Crippen LogP contribution in [-0.2, 0) is 0 Å². The Balaban J connectivity index is 1.80. The van der Waals surface area contributed by atoms with Crippen molar-refractivity contribution in [2.75, 3.05) is 19.9 Å². The molecule has 1 fully saturated rings. The summed E-state index contributed by atoms with van der Waals surface area (Å²) in [7, 11) is 0. The fourth-order valence-electron chi connectivity index (χ4n) is 3.05. The van der Waals surface area contributed by atoms with Crippen LogP contribution >= 0.6 is 0 Å². The number of carbonyl (C=O) groups is 1. The average molecular weight is 291 g/mol. The number of β-amino-alcohol motifs (C(OH)–C–C–N with tert-alkyl or cyclic N) is 1. The highest BCUT2D eigenvalue weighted by molar-refractivity contribution is 6.00. The van der Waals surface area contributed by atoms with Gasteiger partial charge in [-0.05, 0) is 31.0 Å². The lowest BCUT2D eigenvalue weighted by atomic mass is 9.99. The van der Waals surface area contributed by atoms with E-state index in [0.29, 0.717) is 23.6 Å². The number of fused-ring (bicyclic) bond motifs is 1. The van der Waals surface area contributed by atoms with Crippen LogP contribution in [0.1, 0.15) is 36.5 Å². The lowest BCUT2D eigenvalue weighted by Gasteiger charge is -2.26. The van der Waals surface area contributed by atoms with Gasteiger partial charge in [0.05, 0.1) is 12.1 Å². The van der Waals surface area contributed by atoms with E-state index in [4.69, 9.17) is 9.47 Å². The minimum absolute atomic E-state index is 0.101. The van der Waals surface area contributed by atoms with Crippen molar-refractivity contribution in [2.24, 2.45) is 0 Å². The molecule has 1 unspecified atom stereocenters. The molecule has 1 aromatic rings. The van der Waals surface area contributed by atoms with Crippen LogP contribution < -0.4 is 9.47 Å². The number of ketones is 1. The van der Waals surface area contributed by atoms with Crippen molar-refractivity contribution in [1.29, 1.82) is 0 Å². The first-order valence-electron chi connectivity index (χ1n) is 7.55. The number of hydrogen-bond donors (Lipinski definition) is 1. The molecule has 2 aliphatic rings. The second kappa shape index (κ2) is 6.03. The summed E-state index contributed by atoms with van der Waals surface area (Å²) < 4.78 is 10.6. The van der Waals surface area contributed by atoms with Crippen LogP contribution in [0.15, 0.2) is 18.2 Å². The first-order chi connectivity index (χ1) is 10.2. The fraction of sp³-hybridized carbons (Fsp3) is 0.562. The Morgan fingerprint density at radius 3 is 2.95 bits per heavy atom. The molecule has 0 aliphatic carbocycles. The number of nitrogens with zero attached hydrogens (tertiary/aromatic N) is 1. The average Bonchev–Trinajstić information content (AvgIpc) is 3.11. The Kier molecular flexibility index (Phi) is 4.12. The third-order valence-corrected chi connectivity index (χ3v) is 4.16. The molecule has 0 aromatic heterocycles. The molecule has 5 nitrogen and oxygen atoms in total. The minimum atomic E-state index is -0.311. The van der Waals surface area contributed by atoms with Gasteiger partial charge in [0, 0.05) is 18.7 Å². The molecule has 2 heterocycles. The number of likely N-dealkylation sites (tertiary alicyclic amines) is 1. The van der Waals surface area contributed by atoms with Crippen molar-refractivity contribution in [3.8, 4) is 11.5 Å². The molecule has 2 atom stereocenters. The molecule has 0 amide bonds. The predicted molar refractivity (Wildman–Crippen MR) is 77.8 cm³/mol. The van der Waals surface area contributed by atoms with Crippen molar-refractivity contribution in [1.82, 2.24) is 4.90 Å². The molecular formula is C16H21NO4. The van der Waals surface area contributed by atoms with Crippen LogP contribution in [0.4, 0.5) is 0 Å². The van der Waals surface area contributed by atoms with Gasteiger partial charge in [-0.2, -0.15) is 0 Å². The zero-order chi connectivity index (χ0) is 14.8. The topological polar surface area (TPSA) is 59.0 Å². The summed E-state index contributed by atoms with van der Waals surface area (Å²) >= 11 is 0. The molecule has 0 spiro atoms. The summed E-state index contributed by atoms with van der Waals surface area (Å²) in [4.78, 5) is 14.9. The van der Waals surface area contributed by atoms with Gasteiger partial charge in [-0.15, -0.1) is 0 Å². The maximum absolute atomic E-state index is 12.8. The molecule has 0 radical (unpaired) electrons. The van der Waals surface area contributed by atoms with Gasteiger partial charge < -0.3 is 14.6 Å². The highest BCUT2D eigenvalue weighted by Crippen LogP contribution is 2.33. The maximum Gasteiger partial charge on any atom is 0.231 e. The summed E-state index contributed by atoms with van der Waals surface area (Å²) in [6, 6.07) is 5.19. The molecule has 1 aromatic carbocycles. The van der Waals surface area contributed by atoms with Gasteiger partial charge >= 0.3 is 0 Å². The second-order valence-electron chi connectivity index (χ2n) is 5.67. The number of benzene rings is 1. The monoisotopic (exact) mass is 291 g/mol. The lowest BCUT2D eigenvalue weighted by Crippen LogP contribution is -2.40. The number of Topliss-reactive ketones (excluding diaryl/α,β-unsaturated/α-hetero) is 1. The molecule has 2 aliphatic heterocycles. The van der Waals surface area contributed by atoms with E-state index in [9.17, 15) is 9.90 Å². The smallest absolute Gasteiger partial charge is 0.231 e. The Morgan fingerprint density at radius 1 is 1.43 bits per heavy atom. The van der Waals surface area contributed by atoms with Crippen LogP contribution in [-0.4, -0.2) is 47.8 Å². The van der Waals surface area contributed by atoms with E-state index in [1.807, 2.05) is 0 Å². The summed E-state index contributed by atoms with van der Waals surface area (Å²) in [5.41, 5.74) is 0.652. The van der Waals surface area contributed by atoms with Crippen molar-refractivity contribution >= 4 is 5.78 Å². The van der Waals surface area contributed by atoms with E-state index in [0.717, 1.165) is 25.8 Å². The number of aliphatic hydroxyl groups excluding tert-OH is 1. The highest BCUT2D eigenvalue weighted by atomic mass is 16.7. The van der Waals surface area contributed by atoms with Crippen molar-refractivity contribution < 1.29 is 19.4 Å². The number of carbonyl (C=O) groups excluding carboxylic acids is 1. The molecule has 5 heteroatoms. The van der Waals surface area contributed by atoms with Crippen LogP contribution in [0.5, 0.6) is 11.5 Å². The summed E-state index contributed by atoms with van der Waals surface area (Å²) in [5.74, 6) is 1.43. The minimum Gasteiger partial charge on any atom is -0.454 e. The first kappa shape index (κ1) is 14.4. The normalized spacial score (nSPS) is 22.5. The van der Waals surface area contributed by atoms with Crippen LogP contribution in [0.3, 0.4) is 0 Å². The van der Waals surface area contributed by atoms with E-state index in [1.54, 1.807) is 18.2 Å². The van der Waals surface area contributed by atoms with Crippen molar-refractivity contribution in [3.63, 3.8) is 0 Å². The number of rotatable bonds is 5. The third-order valence-electron chi connectivity index (χ3n) is 4.16. The van der Waals surface area contributed by atoms with E-state index in [1.165, 1.54) is 0 Å². The molecule has 0 saturated carbocycles. The molecule has 21 heavy (non-hydrogen) atoms. The van der Waals surface area contributed by atoms with E-state index in [-0.39, 0.29) is 24.7 Å². The van der Waals surface area contributed by atoms with Crippen molar-refractivity contribution in [3.05, 3.63) is 23.8 Å². The Bertz CT molecular complexity index is 531. The first-order valence-corrected chi connectivity index (χ1v) is 7.55. The van der Waals surface area contributed by atoms with Gasteiger partial charge in [-0.25, -0.2) is 0 Å². The maximum atomic E-state index is 12.8. The quantitative estimate of drug-likeness (QED) is 0.839. The van der Waals surface area contributed by atoms with Crippen molar-refractivity contribution in [2.45, 2.75) is 38.3 Å². The number of ether oxygens (including phenoxy) is 2. The molecule has 1 N–H and O–H groups in total. The van der Waals surface area contributed by atoms with E-state index in [2.05, 4.69) is 11.8 Å². The van der Waals surface area contributed by atoms with Gasteiger partial charge in [0.1, 0.15) is 0 Å². The van der Waals surface area contributed by atoms with Gasteiger partial charge in [-0.3, -0.25) is 9.69 Å². The molecule has 1 saturated heterocycles. The highest BCUT2D eigenvalue weighted by Gasteiger charge is 2.32. The van der Waals surface area contributed by atoms with Crippen LogP contribution in [0.2, 0.25) is 0 Å². The lowest BCUT2D eigenvalue weighted by molar-refractivity contribution is 0.0813. The summed E-state index contributed by atoms with van der Waals surface area (Å²) in [5, 5.41) is 9.71. The van der Waals surface area contributed by atoms with E-state index >= 15 is 0 Å². The largest absolute Gasteiger partial charge is 0.454 e. The number of aliphatic hydroxyl groups is 1. The van der Waals surface area contributed by atoms with Crippen LogP contribution in [0.25, 0.3) is 0 Å². The van der Waals surface area contributed by atoms with Gasteiger partial charge in [0.25, 0.3) is 0 Å². The molecule has 114 valence electrons. The fourth-order valence-corrected chi connectivity index (χ4v) is 3.05. The zero-order valence-electron chi connectivity index (χ0n) is 12.2. The molecule has 3 rings (SSSR count). The molecular weight excluding hydrogens is 270 g/mol. The Hall–Kier alpha value is -1.59. The standard InChI is InChI=1S/C16H21NO4/c1-2-3-13(17-7-6-12(18)9-17)16(19)11-4-5-14-15(8-11)21-10-20-14/h4-5,8,12-13,18H,2-3,6-7,9-10H2,1H3/t12-,13?/m1/s1. The Morgan fingerprint density at radius 2 is 2.24 bits per heavy atom. The predicted octanol–water partition coefficient (Wildman–Crippen LogP) is 1.83. The summed E-state index contributed by atoms with van der Waals surface area (Å²) in [6.07, 6.45) is 2.18. The third kappa shape index (κ3) is 2.89. The van der Waals surface area contributed by atoms with Gasteiger partial charge in [-0.1, -0.05) is 13.3 Å². The van der Waals surface area contributed by atoms with Gasteiger partial charge in [0.15, 0.2) is 17.3 Å². The molecule has 0 bridgehead atoms. The second-order valence-corrected chi connectivity index (χ2v) is 5.67. The van der Waals surface area contributed by atoms with E-state index < -0.39 is 0 Å².